The van der Waals surface area contributed by atoms with E-state index in [1.54, 1.807) is 0 Å². The molecule has 0 aliphatic carbocycles. The topological polar surface area (TPSA) is 83.0 Å². The maximum Gasteiger partial charge on any atom is 0.345 e. The number of hydrogen-bond donors (Lipinski definition) is 2. The van der Waals surface area contributed by atoms with Gasteiger partial charge in [0.1, 0.15) is 11.4 Å². The average Bonchev–Trinajstić information content (AvgIpc) is 2.31. The first-order valence-electron chi connectivity index (χ1n) is 4.77. The van der Waals surface area contributed by atoms with Crippen molar-refractivity contribution in [3.8, 4) is 11.3 Å². The zero-order valence-electron chi connectivity index (χ0n) is 8.78. The Morgan fingerprint density at radius 1 is 1.44 bits per heavy atom. The van der Waals surface area contributed by atoms with Crippen molar-refractivity contribution in [3.05, 3.63) is 51.3 Å². The molecule has 2 rings (SSSR count). The number of aromatic amines is 1. The maximum absolute atomic E-state index is 13.6. The Balaban J connectivity index is 2.77. The van der Waals surface area contributed by atoms with Crippen LogP contribution < -0.4 is 5.69 Å². The van der Waals surface area contributed by atoms with Gasteiger partial charge in [0.05, 0.1) is 5.69 Å². The Morgan fingerprint density at radius 3 is 2.83 bits per heavy atom. The molecule has 18 heavy (non-hydrogen) atoms. The molecule has 0 saturated heterocycles. The van der Waals surface area contributed by atoms with Gasteiger partial charge in [0, 0.05) is 16.8 Å². The summed E-state index contributed by atoms with van der Waals surface area (Å²) in [4.78, 5) is 27.6. The van der Waals surface area contributed by atoms with E-state index in [-0.39, 0.29) is 21.8 Å². The number of carboxylic acid groups (broad SMARTS) is 1. The van der Waals surface area contributed by atoms with Gasteiger partial charge in [0.15, 0.2) is 0 Å². The van der Waals surface area contributed by atoms with Crippen molar-refractivity contribution in [2.45, 2.75) is 0 Å². The van der Waals surface area contributed by atoms with E-state index in [4.69, 9.17) is 16.7 Å². The van der Waals surface area contributed by atoms with Crippen molar-refractivity contribution in [3.63, 3.8) is 0 Å². The summed E-state index contributed by atoms with van der Waals surface area (Å²) < 4.78 is 13.6. The lowest BCUT2D eigenvalue weighted by Gasteiger charge is -2.06. The molecular weight excluding hydrogens is 263 g/mol. The number of nitrogens with zero attached hydrogens (tertiary/aromatic N) is 1. The van der Waals surface area contributed by atoms with E-state index < -0.39 is 17.5 Å². The van der Waals surface area contributed by atoms with Crippen molar-refractivity contribution in [1.82, 2.24) is 9.97 Å². The molecule has 0 spiro atoms. The Hall–Kier alpha value is -2.21. The number of carboxylic acids is 1. The molecule has 0 aliphatic heterocycles. The van der Waals surface area contributed by atoms with Gasteiger partial charge in [-0.15, -0.1) is 0 Å². The minimum atomic E-state index is -1.33. The highest BCUT2D eigenvalue weighted by Crippen LogP contribution is 2.26. The molecule has 1 heterocycles. The number of benzene rings is 1. The molecule has 0 saturated carbocycles. The Bertz CT molecular complexity index is 684. The van der Waals surface area contributed by atoms with E-state index in [2.05, 4.69) is 9.97 Å². The zero-order chi connectivity index (χ0) is 13.3. The Kier molecular flexibility index (Phi) is 3.12. The third kappa shape index (κ3) is 2.23. The number of nitrogens with one attached hydrogen (secondary N) is 1. The summed E-state index contributed by atoms with van der Waals surface area (Å²) in [6.45, 7) is 0. The van der Waals surface area contributed by atoms with Crippen molar-refractivity contribution in [1.29, 1.82) is 0 Å². The van der Waals surface area contributed by atoms with Gasteiger partial charge in [-0.3, -0.25) is 0 Å². The summed E-state index contributed by atoms with van der Waals surface area (Å²) in [6, 6.07) is 3.64. The molecule has 2 N–H and O–H groups in total. The average molecular weight is 269 g/mol. The second-order valence-electron chi connectivity index (χ2n) is 3.41. The molecule has 0 atom stereocenters. The largest absolute Gasteiger partial charge is 0.478 e. The maximum atomic E-state index is 13.6. The predicted octanol–water partition coefficient (Wildman–Crippen LogP) is 1.93. The van der Waals surface area contributed by atoms with Crippen LogP contribution in [0.25, 0.3) is 11.3 Å². The van der Waals surface area contributed by atoms with E-state index >= 15 is 0 Å². The van der Waals surface area contributed by atoms with Crippen LogP contribution in [0, 0.1) is 5.82 Å². The molecule has 2 aromatic rings. The van der Waals surface area contributed by atoms with Crippen molar-refractivity contribution >= 4 is 17.6 Å². The standard InChI is InChI=1S/C11H6ClFN2O3/c12-5-1-2-8(13)6(3-5)9-7(10(16)17)4-14-11(18)15-9/h1-4H,(H,16,17)(H,14,15,18). The van der Waals surface area contributed by atoms with Gasteiger partial charge in [-0.25, -0.2) is 19.0 Å². The van der Waals surface area contributed by atoms with Crippen LogP contribution in [0.4, 0.5) is 4.39 Å². The lowest BCUT2D eigenvalue weighted by molar-refractivity contribution is 0.0697. The summed E-state index contributed by atoms with van der Waals surface area (Å²) in [7, 11) is 0. The Morgan fingerprint density at radius 2 is 2.17 bits per heavy atom. The molecule has 0 bridgehead atoms. The van der Waals surface area contributed by atoms with Gasteiger partial charge in [-0.05, 0) is 18.2 Å². The number of carbonyl (C=O) groups is 1. The van der Waals surface area contributed by atoms with E-state index in [0.29, 0.717) is 0 Å². The third-order valence-corrected chi connectivity index (χ3v) is 2.48. The van der Waals surface area contributed by atoms with Crippen LogP contribution in [0.2, 0.25) is 5.02 Å². The summed E-state index contributed by atoms with van der Waals surface area (Å²) in [5.74, 6) is -2.02. The molecular formula is C11H6ClFN2O3. The van der Waals surface area contributed by atoms with Crippen molar-refractivity contribution in [2.24, 2.45) is 0 Å². The molecule has 1 aromatic heterocycles. The lowest BCUT2D eigenvalue weighted by Crippen LogP contribution is -2.15. The molecule has 1 aromatic carbocycles. The fourth-order valence-electron chi connectivity index (χ4n) is 1.46. The highest BCUT2D eigenvalue weighted by atomic mass is 35.5. The second kappa shape index (κ2) is 4.58. The zero-order valence-corrected chi connectivity index (χ0v) is 9.53. The van der Waals surface area contributed by atoms with Crippen LogP contribution in [0.15, 0.2) is 29.2 Å². The minimum Gasteiger partial charge on any atom is -0.478 e. The number of aromatic nitrogens is 2. The van der Waals surface area contributed by atoms with Gasteiger partial charge < -0.3 is 10.1 Å². The van der Waals surface area contributed by atoms with E-state index in [9.17, 15) is 14.0 Å². The smallest absolute Gasteiger partial charge is 0.345 e. The first kappa shape index (κ1) is 12.3. The highest BCUT2D eigenvalue weighted by Gasteiger charge is 2.16. The number of hydrogen-bond acceptors (Lipinski definition) is 3. The van der Waals surface area contributed by atoms with E-state index in [0.717, 1.165) is 12.3 Å². The van der Waals surface area contributed by atoms with Gasteiger partial charge in [-0.2, -0.15) is 0 Å². The number of H-pyrrole nitrogens is 1. The second-order valence-corrected chi connectivity index (χ2v) is 3.84. The third-order valence-electron chi connectivity index (χ3n) is 2.24. The highest BCUT2D eigenvalue weighted by molar-refractivity contribution is 6.30. The van der Waals surface area contributed by atoms with Crippen LogP contribution in [-0.4, -0.2) is 21.0 Å². The normalized spacial score (nSPS) is 10.3. The number of halogens is 2. The molecule has 0 fully saturated rings. The molecule has 7 heteroatoms. The lowest BCUT2D eigenvalue weighted by atomic mass is 10.1. The molecule has 0 radical (unpaired) electrons. The molecule has 5 nitrogen and oxygen atoms in total. The van der Waals surface area contributed by atoms with Gasteiger partial charge in [0.2, 0.25) is 0 Å². The molecule has 0 aliphatic rings. The molecule has 0 amide bonds. The fraction of sp³-hybridized carbons (Fsp3) is 0. The quantitative estimate of drug-likeness (QED) is 0.872. The van der Waals surface area contributed by atoms with Crippen molar-refractivity contribution in [2.75, 3.05) is 0 Å². The van der Waals surface area contributed by atoms with Crippen LogP contribution in [0.1, 0.15) is 10.4 Å². The van der Waals surface area contributed by atoms with Crippen LogP contribution in [-0.2, 0) is 0 Å². The van der Waals surface area contributed by atoms with E-state index in [1.165, 1.54) is 12.1 Å². The summed E-state index contributed by atoms with van der Waals surface area (Å²) >= 11 is 5.72. The first-order chi connectivity index (χ1) is 8.49. The number of aromatic carboxylic acids is 1. The summed E-state index contributed by atoms with van der Waals surface area (Å²) in [5, 5.41) is 9.18. The van der Waals surface area contributed by atoms with Gasteiger partial charge in [0.25, 0.3) is 0 Å². The minimum absolute atomic E-state index is 0.0978. The van der Waals surface area contributed by atoms with Crippen LogP contribution in [0.3, 0.4) is 0 Å². The first-order valence-corrected chi connectivity index (χ1v) is 5.15. The summed E-state index contributed by atoms with van der Waals surface area (Å²) in [5.41, 5.74) is -1.34. The SMILES string of the molecule is O=C(O)c1cnc(=O)[nH]c1-c1cc(Cl)ccc1F. The summed E-state index contributed by atoms with van der Waals surface area (Å²) in [6.07, 6.45) is 0.872. The molecule has 92 valence electrons. The van der Waals surface area contributed by atoms with Crippen molar-refractivity contribution < 1.29 is 14.3 Å². The number of rotatable bonds is 2. The van der Waals surface area contributed by atoms with E-state index in [1.807, 2.05) is 0 Å². The van der Waals surface area contributed by atoms with Gasteiger partial charge in [-0.1, -0.05) is 11.6 Å². The fourth-order valence-corrected chi connectivity index (χ4v) is 1.63. The molecule has 0 unspecified atom stereocenters. The predicted molar refractivity (Wildman–Crippen MR) is 62.2 cm³/mol. The van der Waals surface area contributed by atoms with Gasteiger partial charge >= 0.3 is 11.7 Å². The Labute approximate surface area is 105 Å². The monoisotopic (exact) mass is 268 g/mol. The van der Waals surface area contributed by atoms with Crippen LogP contribution in [0.5, 0.6) is 0 Å². The van der Waals surface area contributed by atoms with Crippen LogP contribution >= 0.6 is 11.6 Å².